The zero-order valence-corrected chi connectivity index (χ0v) is 12.8. The van der Waals surface area contributed by atoms with Crippen LogP contribution in [0.25, 0.3) is 0 Å². The molecule has 1 unspecified atom stereocenters. The summed E-state index contributed by atoms with van der Waals surface area (Å²) in [6.07, 6.45) is 0.294. The minimum atomic E-state index is -0.500. The Balaban J connectivity index is 2.70. The van der Waals surface area contributed by atoms with Crippen LogP contribution < -0.4 is 0 Å². The van der Waals surface area contributed by atoms with Crippen LogP contribution in [0.4, 0.5) is 4.79 Å². The number of ether oxygens (including phenoxy) is 2. The first-order chi connectivity index (χ1) is 8.57. The molecular weight excluding hydrogens is 246 g/mol. The number of methoxy groups -OCH3 is 1. The van der Waals surface area contributed by atoms with E-state index in [9.17, 15) is 9.59 Å². The molecule has 1 rings (SSSR count). The van der Waals surface area contributed by atoms with Gasteiger partial charge in [-0.3, -0.25) is 4.79 Å². The van der Waals surface area contributed by atoms with Gasteiger partial charge in [-0.2, -0.15) is 0 Å². The van der Waals surface area contributed by atoms with E-state index >= 15 is 0 Å². The lowest BCUT2D eigenvalue weighted by Crippen LogP contribution is -2.51. The Kier molecular flexibility index (Phi) is 4.48. The summed E-state index contributed by atoms with van der Waals surface area (Å²) in [4.78, 5) is 25.4. The molecule has 1 atom stereocenters. The van der Waals surface area contributed by atoms with Crippen molar-refractivity contribution in [1.29, 1.82) is 0 Å². The first-order valence-electron chi connectivity index (χ1n) is 6.62. The molecule has 1 aliphatic heterocycles. The summed E-state index contributed by atoms with van der Waals surface area (Å²) in [7, 11) is 1.40. The largest absolute Gasteiger partial charge is 0.469 e. The van der Waals surface area contributed by atoms with Gasteiger partial charge in [0, 0.05) is 13.1 Å². The molecule has 1 heterocycles. The summed E-state index contributed by atoms with van der Waals surface area (Å²) < 4.78 is 10.2. The third kappa shape index (κ3) is 4.11. The van der Waals surface area contributed by atoms with E-state index in [2.05, 4.69) is 0 Å². The normalized spacial score (nSPS) is 22.8. The maximum atomic E-state index is 12.0. The Labute approximate surface area is 115 Å². The number of likely N-dealkylation sites (tertiary alicyclic amines) is 1. The van der Waals surface area contributed by atoms with Crippen LogP contribution in [0.3, 0.4) is 0 Å². The predicted octanol–water partition coefficient (Wildman–Crippen LogP) is 2.44. The zero-order chi connectivity index (χ0) is 14.8. The van der Waals surface area contributed by atoms with Crippen LogP contribution in [0.5, 0.6) is 0 Å². The number of esters is 1. The highest BCUT2D eigenvalue weighted by Crippen LogP contribution is 2.36. The lowest BCUT2D eigenvalue weighted by atomic mass is 9.74. The molecule has 0 aliphatic carbocycles. The molecule has 0 radical (unpaired) electrons. The van der Waals surface area contributed by atoms with Crippen molar-refractivity contribution >= 4 is 12.1 Å². The SMILES string of the molecule is COC(=O)C1CCN(C(=O)OC(C)(C)C)CC1(C)C. The molecular formula is C14H25NO4. The van der Waals surface area contributed by atoms with E-state index < -0.39 is 5.60 Å². The van der Waals surface area contributed by atoms with Gasteiger partial charge in [0.1, 0.15) is 5.60 Å². The Morgan fingerprint density at radius 3 is 2.26 bits per heavy atom. The number of rotatable bonds is 1. The van der Waals surface area contributed by atoms with E-state index in [0.29, 0.717) is 19.5 Å². The number of nitrogens with zero attached hydrogens (tertiary/aromatic N) is 1. The molecule has 0 saturated carbocycles. The minimum absolute atomic E-state index is 0.170. The lowest BCUT2D eigenvalue weighted by molar-refractivity contribution is -0.152. The van der Waals surface area contributed by atoms with E-state index in [4.69, 9.17) is 9.47 Å². The number of carbonyl (C=O) groups excluding carboxylic acids is 2. The Bertz CT molecular complexity index is 357. The molecule has 0 N–H and O–H groups in total. The summed E-state index contributed by atoms with van der Waals surface area (Å²) in [6, 6.07) is 0. The Morgan fingerprint density at radius 2 is 1.84 bits per heavy atom. The van der Waals surface area contributed by atoms with E-state index in [0.717, 1.165) is 0 Å². The van der Waals surface area contributed by atoms with Crippen LogP contribution in [-0.4, -0.2) is 42.8 Å². The van der Waals surface area contributed by atoms with Crippen molar-refractivity contribution in [2.75, 3.05) is 20.2 Å². The van der Waals surface area contributed by atoms with Gasteiger partial charge in [0.05, 0.1) is 13.0 Å². The third-order valence-electron chi connectivity index (χ3n) is 3.37. The van der Waals surface area contributed by atoms with Gasteiger partial charge in [0.2, 0.25) is 0 Å². The predicted molar refractivity (Wildman–Crippen MR) is 71.7 cm³/mol. The molecule has 1 amide bonds. The van der Waals surface area contributed by atoms with Gasteiger partial charge < -0.3 is 14.4 Å². The van der Waals surface area contributed by atoms with Crippen molar-refractivity contribution in [3.05, 3.63) is 0 Å². The van der Waals surface area contributed by atoms with Gasteiger partial charge in [0.25, 0.3) is 0 Å². The molecule has 5 nitrogen and oxygen atoms in total. The van der Waals surface area contributed by atoms with Gasteiger partial charge in [-0.25, -0.2) is 4.79 Å². The van der Waals surface area contributed by atoms with Crippen LogP contribution in [0.15, 0.2) is 0 Å². The Morgan fingerprint density at radius 1 is 1.26 bits per heavy atom. The average Bonchev–Trinajstić information content (AvgIpc) is 2.24. The number of carbonyl (C=O) groups is 2. The van der Waals surface area contributed by atoms with Gasteiger partial charge in [-0.1, -0.05) is 13.8 Å². The van der Waals surface area contributed by atoms with Crippen LogP contribution in [0.2, 0.25) is 0 Å². The maximum absolute atomic E-state index is 12.0. The molecule has 0 bridgehead atoms. The van der Waals surface area contributed by atoms with Gasteiger partial charge in [0.15, 0.2) is 0 Å². The van der Waals surface area contributed by atoms with Crippen molar-refractivity contribution in [3.63, 3.8) is 0 Å². The fraction of sp³-hybridized carbons (Fsp3) is 0.857. The minimum Gasteiger partial charge on any atom is -0.469 e. The Hall–Kier alpha value is -1.26. The topological polar surface area (TPSA) is 55.8 Å². The standard InChI is InChI=1S/C14H25NO4/c1-13(2,3)19-12(17)15-8-7-10(11(16)18-6)14(4,5)9-15/h10H,7-9H2,1-6H3. The second kappa shape index (κ2) is 5.39. The zero-order valence-electron chi connectivity index (χ0n) is 12.8. The van der Waals surface area contributed by atoms with E-state index in [-0.39, 0.29) is 23.4 Å². The van der Waals surface area contributed by atoms with Crippen LogP contribution in [0.1, 0.15) is 41.0 Å². The van der Waals surface area contributed by atoms with E-state index in [1.807, 2.05) is 34.6 Å². The van der Waals surface area contributed by atoms with Gasteiger partial charge in [-0.15, -0.1) is 0 Å². The second-order valence-electron chi connectivity index (χ2n) is 6.75. The van der Waals surface area contributed by atoms with Crippen molar-refractivity contribution in [2.45, 2.75) is 46.6 Å². The van der Waals surface area contributed by atoms with Crippen LogP contribution in [-0.2, 0) is 14.3 Å². The molecule has 19 heavy (non-hydrogen) atoms. The number of amides is 1. The molecule has 1 fully saturated rings. The third-order valence-corrected chi connectivity index (χ3v) is 3.37. The second-order valence-corrected chi connectivity index (χ2v) is 6.75. The summed E-state index contributed by atoms with van der Waals surface area (Å²) in [5.41, 5.74) is -0.803. The quantitative estimate of drug-likeness (QED) is 0.687. The number of hydrogen-bond acceptors (Lipinski definition) is 4. The molecule has 0 aromatic heterocycles. The summed E-state index contributed by atoms with van der Waals surface area (Å²) in [5, 5.41) is 0. The first-order valence-corrected chi connectivity index (χ1v) is 6.62. The van der Waals surface area contributed by atoms with Gasteiger partial charge >= 0.3 is 12.1 Å². The fourth-order valence-electron chi connectivity index (χ4n) is 2.42. The summed E-state index contributed by atoms with van der Waals surface area (Å²) >= 11 is 0. The molecule has 1 aliphatic rings. The number of hydrogen-bond donors (Lipinski definition) is 0. The fourth-order valence-corrected chi connectivity index (χ4v) is 2.42. The van der Waals surface area contributed by atoms with Gasteiger partial charge in [-0.05, 0) is 32.6 Å². The molecule has 0 spiro atoms. The van der Waals surface area contributed by atoms with Crippen molar-refractivity contribution in [3.8, 4) is 0 Å². The van der Waals surface area contributed by atoms with Crippen molar-refractivity contribution in [1.82, 2.24) is 4.90 Å². The molecule has 0 aromatic carbocycles. The molecule has 1 saturated heterocycles. The lowest BCUT2D eigenvalue weighted by Gasteiger charge is -2.42. The van der Waals surface area contributed by atoms with E-state index in [1.165, 1.54) is 7.11 Å². The smallest absolute Gasteiger partial charge is 0.410 e. The highest BCUT2D eigenvalue weighted by molar-refractivity contribution is 5.74. The van der Waals surface area contributed by atoms with Crippen LogP contribution in [0, 0.1) is 11.3 Å². The number of piperidine rings is 1. The summed E-state index contributed by atoms with van der Waals surface area (Å²) in [5.74, 6) is -0.370. The van der Waals surface area contributed by atoms with Crippen LogP contribution >= 0.6 is 0 Å². The highest BCUT2D eigenvalue weighted by Gasteiger charge is 2.43. The average molecular weight is 271 g/mol. The molecule has 5 heteroatoms. The van der Waals surface area contributed by atoms with E-state index in [1.54, 1.807) is 4.90 Å². The summed E-state index contributed by atoms with van der Waals surface area (Å²) in [6.45, 7) is 10.5. The first kappa shape index (κ1) is 15.8. The monoisotopic (exact) mass is 271 g/mol. The van der Waals surface area contributed by atoms with Crippen molar-refractivity contribution in [2.24, 2.45) is 11.3 Å². The molecule has 0 aromatic rings. The highest BCUT2D eigenvalue weighted by atomic mass is 16.6. The molecule has 110 valence electrons. The van der Waals surface area contributed by atoms with Crippen molar-refractivity contribution < 1.29 is 19.1 Å². The maximum Gasteiger partial charge on any atom is 0.410 e.